The predicted octanol–water partition coefficient (Wildman–Crippen LogP) is 0.236. The summed E-state index contributed by atoms with van der Waals surface area (Å²) >= 11 is 0. The number of nitrogens with one attached hydrogen (secondary N) is 1. The molecule has 1 aliphatic heterocycles. The van der Waals surface area contributed by atoms with Crippen LogP contribution in [0, 0.1) is 5.92 Å². The van der Waals surface area contributed by atoms with Crippen molar-refractivity contribution >= 4 is 36.6 Å². The van der Waals surface area contributed by atoms with Crippen molar-refractivity contribution < 1.29 is 9.59 Å². The number of carbonyl (C=O) groups excluding carboxylic acids is 2. The molecule has 2 atom stereocenters. The first-order chi connectivity index (χ1) is 9.52. The molecule has 2 amide bonds. The fourth-order valence-electron chi connectivity index (χ4n) is 2.46. The van der Waals surface area contributed by atoms with Crippen LogP contribution in [-0.4, -0.2) is 66.4 Å². The molecule has 2 fully saturated rings. The molecule has 2 aliphatic rings. The van der Waals surface area contributed by atoms with Gasteiger partial charge in [-0.05, 0) is 19.8 Å². The van der Waals surface area contributed by atoms with Crippen LogP contribution in [0.1, 0.15) is 26.7 Å². The number of nitrogens with two attached hydrogens (primary N) is 1. The maximum atomic E-state index is 12.0. The van der Waals surface area contributed by atoms with Gasteiger partial charge in [0.1, 0.15) is 0 Å². The lowest BCUT2D eigenvalue weighted by Crippen LogP contribution is -2.56. The fourth-order valence-corrected chi connectivity index (χ4v) is 2.46. The molecule has 1 saturated carbocycles. The molecule has 0 radical (unpaired) electrons. The van der Waals surface area contributed by atoms with Crippen molar-refractivity contribution in [2.75, 3.05) is 32.7 Å². The zero-order chi connectivity index (χ0) is 14.7. The van der Waals surface area contributed by atoms with Gasteiger partial charge in [-0.3, -0.25) is 14.5 Å². The second kappa shape index (κ2) is 9.55. The zero-order valence-electron chi connectivity index (χ0n) is 13.3. The highest BCUT2D eigenvalue weighted by molar-refractivity contribution is 5.85. The van der Waals surface area contributed by atoms with Crippen LogP contribution < -0.4 is 11.1 Å². The van der Waals surface area contributed by atoms with Crippen molar-refractivity contribution in [3.63, 3.8) is 0 Å². The Bertz CT molecular complexity index is 372. The van der Waals surface area contributed by atoms with E-state index in [-0.39, 0.29) is 48.6 Å². The average molecular weight is 355 g/mol. The molecule has 130 valence electrons. The number of halogens is 2. The molecule has 0 aromatic carbocycles. The standard InChI is InChI=1S/C14H26N4O2.2ClH/c1-10(9-15)14(20)18-7-5-17(6-8-18)11(2)13(19)16-12-3-4-12;;/h10-12H,3-9,15H2,1-2H3,(H,16,19);2*1H. The van der Waals surface area contributed by atoms with Gasteiger partial charge in [-0.2, -0.15) is 0 Å². The van der Waals surface area contributed by atoms with Gasteiger partial charge in [0, 0.05) is 44.7 Å². The largest absolute Gasteiger partial charge is 0.352 e. The van der Waals surface area contributed by atoms with Gasteiger partial charge in [0.2, 0.25) is 11.8 Å². The van der Waals surface area contributed by atoms with Crippen molar-refractivity contribution in [2.45, 2.75) is 38.8 Å². The van der Waals surface area contributed by atoms with E-state index in [2.05, 4.69) is 10.2 Å². The Hall–Kier alpha value is -0.560. The highest BCUT2D eigenvalue weighted by atomic mass is 35.5. The molecule has 0 spiro atoms. The third-order valence-electron chi connectivity index (χ3n) is 4.25. The minimum absolute atomic E-state index is 0. The van der Waals surface area contributed by atoms with Gasteiger partial charge in [0.25, 0.3) is 0 Å². The van der Waals surface area contributed by atoms with Gasteiger partial charge in [-0.15, -0.1) is 24.8 Å². The smallest absolute Gasteiger partial charge is 0.237 e. The Morgan fingerprint density at radius 2 is 1.68 bits per heavy atom. The number of hydrogen-bond donors (Lipinski definition) is 2. The highest BCUT2D eigenvalue weighted by Gasteiger charge is 2.31. The Morgan fingerprint density at radius 3 is 2.14 bits per heavy atom. The van der Waals surface area contributed by atoms with Gasteiger partial charge in [-0.25, -0.2) is 0 Å². The summed E-state index contributed by atoms with van der Waals surface area (Å²) in [6, 6.07) is 0.290. The van der Waals surface area contributed by atoms with Crippen LogP contribution in [0.15, 0.2) is 0 Å². The molecule has 2 unspecified atom stereocenters. The topological polar surface area (TPSA) is 78.7 Å². The zero-order valence-corrected chi connectivity index (χ0v) is 14.9. The lowest BCUT2D eigenvalue weighted by atomic mass is 10.1. The van der Waals surface area contributed by atoms with E-state index in [0.29, 0.717) is 25.7 Å². The maximum absolute atomic E-state index is 12.0. The third-order valence-corrected chi connectivity index (χ3v) is 4.25. The van der Waals surface area contributed by atoms with Gasteiger partial charge >= 0.3 is 0 Å². The number of carbonyl (C=O) groups is 2. The van der Waals surface area contributed by atoms with Gasteiger partial charge in [0.15, 0.2) is 0 Å². The van der Waals surface area contributed by atoms with Gasteiger partial charge in [0.05, 0.1) is 6.04 Å². The molecule has 3 N–H and O–H groups in total. The monoisotopic (exact) mass is 354 g/mol. The molecule has 0 aromatic rings. The van der Waals surface area contributed by atoms with Crippen LogP contribution in [0.4, 0.5) is 0 Å². The summed E-state index contributed by atoms with van der Waals surface area (Å²) in [5.41, 5.74) is 5.54. The number of rotatable bonds is 5. The molecule has 8 heteroatoms. The number of nitrogens with zero attached hydrogens (tertiary/aromatic N) is 2. The van der Waals surface area contributed by atoms with Crippen molar-refractivity contribution in [3.8, 4) is 0 Å². The second-order valence-electron chi connectivity index (χ2n) is 5.96. The van der Waals surface area contributed by atoms with E-state index in [1.807, 2.05) is 18.7 Å². The minimum Gasteiger partial charge on any atom is -0.352 e. The Kier molecular flexibility index (Phi) is 9.31. The van der Waals surface area contributed by atoms with Crippen molar-refractivity contribution in [1.29, 1.82) is 0 Å². The van der Waals surface area contributed by atoms with Crippen LogP contribution in [0.3, 0.4) is 0 Å². The molecule has 1 saturated heterocycles. The molecule has 6 nitrogen and oxygen atoms in total. The lowest BCUT2D eigenvalue weighted by molar-refractivity contribution is -0.137. The summed E-state index contributed by atoms with van der Waals surface area (Å²) in [6.45, 7) is 7.07. The van der Waals surface area contributed by atoms with E-state index in [1.165, 1.54) is 0 Å². The molecule has 22 heavy (non-hydrogen) atoms. The van der Waals surface area contributed by atoms with E-state index in [4.69, 9.17) is 5.73 Å². The van der Waals surface area contributed by atoms with Crippen LogP contribution in [0.25, 0.3) is 0 Å². The fraction of sp³-hybridized carbons (Fsp3) is 0.857. The Labute approximate surface area is 145 Å². The first-order valence-electron chi connectivity index (χ1n) is 7.56. The molecular weight excluding hydrogens is 327 g/mol. The SMILES string of the molecule is CC(CN)C(=O)N1CCN(C(C)C(=O)NC2CC2)CC1.Cl.Cl. The first-order valence-corrected chi connectivity index (χ1v) is 7.56. The average Bonchev–Trinajstić information content (AvgIpc) is 3.28. The number of piperazine rings is 1. The van der Waals surface area contributed by atoms with Crippen LogP contribution >= 0.6 is 24.8 Å². The summed E-state index contributed by atoms with van der Waals surface area (Å²) in [4.78, 5) is 28.1. The van der Waals surface area contributed by atoms with Crippen LogP contribution in [0.5, 0.6) is 0 Å². The molecule has 1 heterocycles. The van der Waals surface area contributed by atoms with Gasteiger partial charge in [-0.1, -0.05) is 6.92 Å². The summed E-state index contributed by atoms with van der Waals surface area (Å²) in [5.74, 6) is 0.127. The van der Waals surface area contributed by atoms with E-state index in [0.717, 1.165) is 25.9 Å². The molecule has 0 bridgehead atoms. The third kappa shape index (κ3) is 5.57. The molecular formula is C14H28Cl2N4O2. The number of hydrogen-bond acceptors (Lipinski definition) is 4. The first kappa shape index (κ1) is 21.4. The predicted molar refractivity (Wildman–Crippen MR) is 91.5 cm³/mol. The number of amides is 2. The summed E-state index contributed by atoms with van der Waals surface area (Å²) in [7, 11) is 0. The van der Waals surface area contributed by atoms with Gasteiger partial charge < -0.3 is 16.0 Å². The highest BCUT2D eigenvalue weighted by Crippen LogP contribution is 2.19. The van der Waals surface area contributed by atoms with E-state index < -0.39 is 0 Å². The molecule has 1 aliphatic carbocycles. The maximum Gasteiger partial charge on any atom is 0.237 e. The molecule has 2 rings (SSSR count). The second-order valence-corrected chi connectivity index (χ2v) is 5.96. The Balaban J connectivity index is 0.00000220. The molecule has 0 aromatic heterocycles. The Morgan fingerprint density at radius 1 is 1.14 bits per heavy atom. The summed E-state index contributed by atoms with van der Waals surface area (Å²) in [6.07, 6.45) is 2.22. The van der Waals surface area contributed by atoms with Crippen molar-refractivity contribution in [1.82, 2.24) is 15.1 Å². The summed E-state index contributed by atoms with van der Waals surface area (Å²) in [5, 5.41) is 3.03. The van der Waals surface area contributed by atoms with E-state index >= 15 is 0 Å². The normalized spacial score (nSPS) is 21.1. The summed E-state index contributed by atoms with van der Waals surface area (Å²) < 4.78 is 0. The van der Waals surface area contributed by atoms with Crippen LogP contribution in [0.2, 0.25) is 0 Å². The van der Waals surface area contributed by atoms with E-state index in [1.54, 1.807) is 0 Å². The van der Waals surface area contributed by atoms with E-state index in [9.17, 15) is 9.59 Å². The minimum atomic E-state index is -0.114. The quantitative estimate of drug-likeness (QED) is 0.740. The van der Waals surface area contributed by atoms with Crippen molar-refractivity contribution in [2.24, 2.45) is 11.7 Å². The van der Waals surface area contributed by atoms with Crippen molar-refractivity contribution in [3.05, 3.63) is 0 Å². The van der Waals surface area contributed by atoms with Crippen LogP contribution in [-0.2, 0) is 9.59 Å². The lowest BCUT2D eigenvalue weighted by Gasteiger charge is -2.38.